The maximum absolute atomic E-state index is 12.3. The standard InChI is InChI=1S/C17H21NO2S/c1-3-4-5-12-20-13(2)15-6-7-16(21-15)17(19)14-8-10-18-11-9-14/h6-11,13H,3-5,12H2,1-2H3. The van der Waals surface area contributed by atoms with Crippen molar-refractivity contribution < 1.29 is 9.53 Å². The molecule has 2 rings (SSSR count). The van der Waals surface area contributed by atoms with Gasteiger partial charge in [-0.1, -0.05) is 19.8 Å². The van der Waals surface area contributed by atoms with Crippen LogP contribution in [0.25, 0.3) is 0 Å². The maximum Gasteiger partial charge on any atom is 0.203 e. The largest absolute Gasteiger partial charge is 0.373 e. The average Bonchev–Trinajstić information content (AvgIpc) is 3.01. The van der Waals surface area contributed by atoms with Crippen LogP contribution in [-0.2, 0) is 4.74 Å². The lowest BCUT2D eigenvalue weighted by atomic mass is 10.1. The Labute approximate surface area is 130 Å². The number of pyridine rings is 1. The van der Waals surface area contributed by atoms with Gasteiger partial charge in [-0.15, -0.1) is 11.3 Å². The summed E-state index contributed by atoms with van der Waals surface area (Å²) in [5.74, 6) is 0.0480. The summed E-state index contributed by atoms with van der Waals surface area (Å²) in [6.45, 7) is 5.00. The Morgan fingerprint density at radius 3 is 2.71 bits per heavy atom. The monoisotopic (exact) mass is 303 g/mol. The summed E-state index contributed by atoms with van der Waals surface area (Å²) in [6, 6.07) is 7.36. The van der Waals surface area contributed by atoms with Gasteiger partial charge >= 0.3 is 0 Å². The zero-order chi connectivity index (χ0) is 15.1. The van der Waals surface area contributed by atoms with Crippen LogP contribution in [0.1, 0.15) is 59.3 Å². The van der Waals surface area contributed by atoms with Crippen molar-refractivity contribution in [3.63, 3.8) is 0 Å². The topological polar surface area (TPSA) is 39.2 Å². The summed E-state index contributed by atoms with van der Waals surface area (Å²) in [5, 5.41) is 0. The van der Waals surface area contributed by atoms with Crippen molar-refractivity contribution in [3.05, 3.63) is 52.0 Å². The van der Waals surface area contributed by atoms with E-state index in [0.717, 1.165) is 22.8 Å². The van der Waals surface area contributed by atoms with E-state index in [2.05, 4.69) is 11.9 Å². The van der Waals surface area contributed by atoms with E-state index < -0.39 is 0 Å². The number of rotatable bonds is 8. The summed E-state index contributed by atoms with van der Waals surface area (Å²) in [7, 11) is 0. The number of unbranched alkanes of at least 4 members (excludes halogenated alkanes) is 2. The first-order valence-corrected chi connectivity index (χ1v) is 8.20. The van der Waals surface area contributed by atoms with Crippen LogP contribution in [0.3, 0.4) is 0 Å². The summed E-state index contributed by atoms with van der Waals surface area (Å²) in [4.78, 5) is 18.1. The molecule has 0 aromatic carbocycles. The van der Waals surface area contributed by atoms with Gasteiger partial charge in [-0.3, -0.25) is 9.78 Å². The first kappa shape index (κ1) is 15.9. The van der Waals surface area contributed by atoms with Crippen molar-refractivity contribution in [2.24, 2.45) is 0 Å². The molecule has 0 saturated carbocycles. The Kier molecular flexibility index (Phi) is 6.08. The van der Waals surface area contributed by atoms with Crippen LogP contribution in [0.2, 0.25) is 0 Å². The predicted molar refractivity (Wildman–Crippen MR) is 85.9 cm³/mol. The number of ether oxygens (including phenoxy) is 1. The van der Waals surface area contributed by atoms with Crippen molar-refractivity contribution in [1.29, 1.82) is 0 Å². The highest BCUT2D eigenvalue weighted by atomic mass is 32.1. The number of nitrogens with zero attached hydrogens (tertiary/aromatic N) is 1. The zero-order valence-electron chi connectivity index (χ0n) is 12.5. The Morgan fingerprint density at radius 1 is 1.24 bits per heavy atom. The third-order valence-electron chi connectivity index (χ3n) is 3.31. The van der Waals surface area contributed by atoms with E-state index >= 15 is 0 Å². The summed E-state index contributed by atoms with van der Waals surface area (Å²) in [5.41, 5.74) is 0.676. The lowest BCUT2D eigenvalue weighted by molar-refractivity contribution is 0.0653. The minimum atomic E-state index is 0.0471. The molecule has 2 heterocycles. The van der Waals surface area contributed by atoms with Crippen molar-refractivity contribution >= 4 is 17.1 Å². The van der Waals surface area contributed by atoms with Crippen LogP contribution in [0.5, 0.6) is 0 Å². The number of aromatic nitrogens is 1. The smallest absolute Gasteiger partial charge is 0.203 e. The molecule has 0 radical (unpaired) electrons. The number of carbonyl (C=O) groups excluding carboxylic acids is 1. The summed E-state index contributed by atoms with van der Waals surface area (Å²) in [6.07, 6.45) is 6.81. The molecule has 1 unspecified atom stereocenters. The van der Waals surface area contributed by atoms with Gasteiger partial charge < -0.3 is 4.74 Å². The van der Waals surface area contributed by atoms with E-state index in [1.165, 1.54) is 24.2 Å². The van der Waals surface area contributed by atoms with E-state index in [1.807, 2.05) is 19.1 Å². The van der Waals surface area contributed by atoms with Crippen molar-refractivity contribution in [3.8, 4) is 0 Å². The summed E-state index contributed by atoms with van der Waals surface area (Å²) >= 11 is 1.51. The fourth-order valence-corrected chi connectivity index (χ4v) is 3.00. The molecule has 0 saturated heterocycles. The maximum atomic E-state index is 12.3. The second-order valence-corrected chi connectivity index (χ2v) is 6.10. The van der Waals surface area contributed by atoms with E-state index in [0.29, 0.717) is 5.56 Å². The van der Waals surface area contributed by atoms with Crippen LogP contribution in [0.15, 0.2) is 36.7 Å². The van der Waals surface area contributed by atoms with Crippen LogP contribution in [0, 0.1) is 0 Å². The fourth-order valence-electron chi connectivity index (χ4n) is 2.03. The minimum absolute atomic E-state index is 0.0471. The zero-order valence-corrected chi connectivity index (χ0v) is 13.4. The van der Waals surface area contributed by atoms with Gasteiger partial charge in [0.05, 0.1) is 11.0 Å². The van der Waals surface area contributed by atoms with Gasteiger partial charge in [0.25, 0.3) is 0 Å². The SMILES string of the molecule is CCCCCOC(C)c1ccc(C(=O)c2ccncc2)s1. The number of hydrogen-bond acceptors (Lipinski definition) is 4. The molecule has 0 aliphatic rings. The van der Waals surface area contributed by atoms with Gasteiger partial charge in [0, 0.05) is 29.4 Å². The van der Waals surface area contributed by atoms with Crippen LogP contribution in [0.4, 0.5) is 0 Å². The van der Waals surface area contributed by atoms with Crippen LogP contribution < -0.4 is 0 Å². The number of carbonyl (C=O) groups is 1. The molecule has 0 spiro atoms. The van der Waals surface area contributed by atoms with E-state index in [9.17, 15) is 4.79 Å². The van der Waals surface area contributed by atoms with Crippen molar-refractivity contribution in [2.75, 3.05) is 6.61 Å². The van der Waals surface area contributed by atoms with E-state index in [-0.39, 0.29) is 11.9 Å². The van der Waals surface area contributed by atoms with E-state index in [1.54, 1.807) is 24.5 Å². The Hall–Kier alpha value is -1.52. The third-order valence-corrected chi connectivity index (χ3v) is 4.55. The highest BCUT2D eigenvalue weighted by molar-refractivity contribution is 7.14. The Balaban J connectivity index is 1.96. The molecular formula is C17H21NO2S. The molecule has 21 heavy (non-hydrogen) atoms. The molecule has 4 heteroatoms. The first-order valence-electron chi connectivity index (χ1n) is 7.38. The molecule has 2 aromatic rings. The third kappa shape index (κ3) is 4.48. The molecule has 3 nitrogen and oxygen atoms in total. The molecule has 0 fully saturated rings. The molecule has 0 amide bonds. The highest BCUT2D eigenvalue weighted by Gasteiger charge is 2.14. The molecular weight excluding hydrogens is 282 g/mol. The Bertz CT molecular complexity index is 565. The minimum Gasteiger partial charge on any atom is -0.373 e. The van der Waals surface area contributed by atoms with E-state index in [4.69, 9.17) is 4.74 Å². The van der Waals surface area contributed by atoms with Gasteiger partial charge in [-0.05, 0) is 37.6 Å². The predicted octanol–water partition coefficient (Wildman–Crippen LogP) is 4.64. The van der Waals surface area contributed by atoms with Gasteiger partial charge in [0.1, 0.15) is 0 Å². The molecule has 0 aliphatic heterocycles. The first-order chi connectivity index (χ1) is 10.2. The second-order valence-electron chi connectivity index (χ2n) is 4.99. The van der Waals surface area contributed by atoms with Gasteiger partial charge in [0.2, 0.25) is 5.78 Å². The Morgan fingerprint density at radius 2 is 2.00 bits per heavy atom. The molecule has 1 atom stereocenters. The quantitative estimate of drug-likeness (QED) is 0.526. The highest BCUT2D eigenvalue weighted by Crippen LogP contribution is 2.27. The molecule has 0 bridgehead atoms. The van der Waals surface area contributed by atoms with Crippen LogP contribution in [-0.4, -0.2) is 17.4 Å². The lowest BCUT2D eigenvalue weighted by Gasteiger charge is -2.10. The van der Waals surface area contributed by atoms with Gasteiger partial charge in [-0.25, -0.2) is 0 Å². The van der Waals surface area contributed by atoms with Crippen molar-refractivity contribution in [2.45, 2.75) is 39.2 Å². The molecule has 0 N–H and O–H groups in total. The fraction of sp³-hybridized carbons (Fsp3) is 0.412. The number of thiophene rings is 1. The lowest BCUT2D eigenvalue weighted by Crippen LogP contribution is -2.00. The molecule has 2 aromatic heterocycles. The van der Waals surface area contributed by atoms with Gasteiger partial charge in [-0.2, -0.15) is 0 Å². The second kappa shape index (κ2) is 8.05. The number of hydrogen-bond donors (Lipinski definition) is 0. The van der Waals surface area contributed by atoms with Crippen LogP contribution >= 0.6 is 11.3 Å². The molecule has 112 valence electrons. The number of ketones is 1. The van der Waals surface area contributed by atoms with Crippen molar-refractivity contribution in [1.82, 2.24) is 4.98 Å². The molecule has 0 aliphatic carbocycles. The van der Waals surface area contributed by atoms with Gasteiger partial charge in [0.15, 0.2) is 0 Å². The normalized spacial score (nSPS) is 12.3. The average molecular weight is 303 g/mol. The summed E-state index contributed by atoms with van der Waals surface area (Å²) < 4.78 is 5.82.